The van der Waals surface area contributed by atoms with E-state index in [0.717, 1.165) is 5.69 Å². The molecule has 0 bridgehead atoms. The largest absolute Gasteiger partial charge is 0.350 e. The van der Waals surface area contributed by atoms with Gasteiger partial charge in [-0.25, -0.2) is 9.97 Å². The van der Waals surface area contributed by atoms with Crippen LogP contribution in [-0.2, 0) is 0 Å². The summed E-state index contributed by atoms with van der Waals surface area (Å²) in [7, 11) is 0. The molecule has 0 unspecified atom stereocenters. The van der Waals surface area contributed by atoms with Crippen molar-refractivity contribution in [1.82, 2.24) is 9.97 Å². The topological polar surface area (TPSA) is 58.1 Å². The van der Waals surface area contributed by atoms with Crippen molar-refractivity contribution in [2.24, 2.45) is 0 Å². The summed E-state index contributed by atoms with van der Waals surface area (Å²) >= 11 is 0. The molecular formula is C17H22N4O. The van der Waals surface area contributed by atoms with Gasteiger partial charge in [-0.2, -0.15) is 0 Å². The van der Waals surface area contributed by atoms with Crippen molar-refractivity contribution in [3.05, 3.63) is 48.3 Å². The average Bonchev–Trinajstić information content (AvgIpc) is 2.48. The zero-order chi connectivity index (χ0) is 16.2. The third-order valence-electron chi connectivity index (χ3n) is 3.01. The van der Waals surface area contributed by atoms with Crippen molar-refractivity contribution < 1.29 is 4.79 Å². The van der Waals surface area contributed by atoms with Gasteiger partial charge in [0.05, 0.1) is 5.56 Å². The van der Waals surface area contributed by atoms with Crippen molar-refractivity contribution >= 4 is 17.5 Å². The maximum absolute atomic E-state index is 12.6. The molecule has 2 aromatic rings. The standard InChI is InChI=1S/C17H22N4O/c1-5-21(14-9-7-6-8-10-14)15(22)13-11-18-16(19-12-13)20-17(2,3)4/h6-12H,5H2,1-4H3,(H,18,19,20). The number of carbonyl (C=O) groups excluding carboxylic acids is 1. The molecule has 1 aromatic heterocycles. The summed E-state index contributed by atoms with van der Waals surface area (Å²) in [4.78, 5) is 22.8. The fourth-order valence-electron chi connectivity index (χ4n) is 2.05. The second-order valence-corrected chi connectivity index (χ2v) is 6.06. The Balaban J connectivity index is 2.18. The summed E-state index contributed by atoms with van der Waals surface area (Å²) in [6, 6.07) is 9.59. The quantitative estimate of drug-likeness (QED) is 0.940. The van der Waals surface area contributed by atoms with Crippen molar-refractivity contribution in [2.75, 3.05) is 16.8 Å². The zero-order valence-electron chi connectivity index (χ0n) is 13.5. The van der Waals surface area contributed by atoms with Gasteiger partial charge in [0.25, 0.3) is 5.91 Å². The van der Waals surface area contributed by atoms with E-state index in [1.54, 1.807) is 17.3 Å². The minimum Gasteiger partial charge on any atom is -0.350 e. The third kappa shape index (κ3) is 4.04. The maximum atomic E-state index is 12.6. The highest BCUT2D eigenvalue weighted by atomic mass is 16.2. The molecule has 0 aliphatic heterocycles. The lowest BCUT2D eigenvalue weighted by Gasteiger charge is -2.22. The van der Waals surface area contributed by atoms with Gasteiger partial charge in [0.1, 0.15) is 0 Å². The first-order valence-corrected chi connectivity index (χ1v) is 7.38. The van der Waals surface area contributed by atoms with E-state index < -0.39 is 0 Å². The van der Waals surface area contributed by atoms with Gasteiger partial charge in [0, 0.05) is 30.2 Å². The van der Waals surface area contributed by atoms with Gasteiger partial charge in [0.15, 0.2) is 0 Å². The molecule has 0 aliphatic carbocycles. The SMILES string of the molecule is CCN(C(=O)c1cnc(NC(C)(C)C)nc1)c1ccccc1. The fraction of sp³-hybridized carbons (Fsp3) is 0.353. The predicted octanol–water partition coefficient (Wildman–Crippen LogP) is 3.35. The number of hydrogen-bond donors (Lipinski definition) is 1. The second kappa shape index (κ2) is 6.56. The van der Waals surface area contributed by atoms with Crippen LogP contribution in [0.25, 0.3) is 0 Å². The van der Waals surface area contributed by atoms with Gasteiger partial charge in [0.2, 0.25) is 5.95 Å². The van der Waals surface area contributed by atoms with Crippen LogP contribution in [-0.4, -0.2) is 28.0 Å². The van der Waals surface area contributed by atoms with E-state index in [0.29, 0.717) is 18.1 Å². The van der Waals surface area contributed by atoms with Crippen LogP contribution in [0.15, 0.2) is 42.7 Å². The molecule has 2 rings (SSSR count). The van der Waals surface area contributed by atoms with E-state index in [2.05, 4.69) is 15.3 Å². The number of anilines is 2. The predicted molar refractivity (Wildman–Crippen MR) is 89.2 cm³/mol. The first-order chi connectivity index (χ1) is 10.4. The normalized spacial score (nSPS) is 11.1. The summed E-state index contributed by atoms with van der Waals surface area (Å²) in [6.07, 6.45) is 3.13. The van der Waals surface area contributed by atoms with Crippen LogP contribution in [0.1, 0.15) is 38.1 Å². The lowest BCUT2D eigenvalue weighted by Crippen LogP contribution is -2.31. The van der Waals surface area contributed by atoms with E-state index in [9.17, 15) is 4.79 Å². The summed E-state index contributed by atoms with van der Waals surface area (Å²) in [5.41, 5.74) is 1.22. The molecule has 22 heavy (non-hydrogen) atoms. The van der Waals surface area contributed by atoms with Crippen LogP contribution < -0.4 is 10.2 Å². The highest BCUT2D eigenvalue weighted by molar-refractivity contribution is 6.05. The van der Waals surface area contributed by atoms with E-state index in [1.807, 2.05) is 58.0 Å². The molecule has 0 saturated heterocycles. The smallest absolute Gasteiger partial charge is 0.261 e. The summed E-state index contributed by atoms with van der Waals surface area (Å²) in [6.45, 7) is 8.63. The minimum atomic E-state index is -0.120. The Morgan fingerprint density at radius 1 is 1.14 bits per heavy atom. The van der Waals surface area contributed by atoms with E-state index in [1.165, 1.54) is 0 Å². The Bertz CT molecular complexity index is 617. The molecule has 1 N–H and O–H groups in total. The monoisotopic (exact) mass is 298 g/mol. The van der Waals surface area contributed by atoms with Crippen LogP contribution in [0.5, 0.6) is 0 Å². The van der Waals surface area contributed by atoms with E-state index >= 15 is 0 Å². The van der Waals surface area contributed by atoms with Gasteiger partial charge in [-0.05, 0) is 39.8 Å². The number of rotatable bonds is 4. The Morgan fingerprint density at radius 3 is 2.23 bits per heavy atom. The molecule has 5 nitrogen and oxygen atoms in total. The van der Waals surface area contributed by atoms with Crippen LogP contribution >= 0.6 is 0 Å². The number of hydrogen-bond acceptors (Lipinski definition) is 4. The van der Waals surface area contributed by atoms with Gasteiger partial charge < -0.3 is 10.2 Å². The highest BCUT2D eigenvalue weighted by Crippen LogP contribution is 2.16. The molecule has 0 fully saturated rings. The number of benzene rings is 1. The number of nitrogens with zero attached hydrogens (tertiary/aromatic N) is 3. The molecule has 0 spiro atoms. The molecule has 116 valence electrons. The molecule has 0 radical (unpaired) electrons. The first kappa shape index (κ1) is 15.9. The molecule has 0 saturated carbocycles. The Hall–Kier alpha value is -2.43. The third-order valence-corrected chi connectivity index (χ3v) is 3.01. The Morgan fingerprint density at radius 2 is 1.73 bits per heavy atom. The number of carbonyl (C=O) groups is 1. The summed E-state index contributed by atoms with van der Waals surface area (Å²) in [5, 5.41) is 3.18. The van der Waals surface area contributed by atoms with Gasteiger partial charge in [-0.3, -0.25) is 4.79 Å². The zero-order valence-corrected chi connectivity index (χ0v) is 13.5. The van der Waals surface area contributed by atoms with Crippen LogP contribution in [0.4, 0.5) is 11.6 Å². The molecule has 0 aliphatic rings. The molecule has 1 amide bonds. The maximum Gasteiger partial charge on any atom is 0.261 e. The lowest BCUT2D eigenvalue weighted by atomic mass is 10.1. The molecule has 0 atom stereocenters. The highest BCUT2D eigenvalue weighted by Gasteiger charge is 2.17. The molecule has 1 heterocycles. The van der Waals surface area contributed by atoms with Crippen LogP contribution in [0.2, 0.25) is 0 Å². The number of aromatic nitrogens is 2. The van der Waals surface area contributed by atoms with E-state index in [-0.39, 0.29) is 11.4 Å². The van der Waals surface area contributed by atoms with Crippen molar-refractivity contribution in [3.8, 4) is 0 Å². The second-order valence-electron chi connectivity index (χ2n) is 6.06. The van der Waals surface area contributed by atoms with Gasteiger partial charge >= 0.3 is 0 Å². The minimum absolute atomic E-state index is 0.101. The van der Waals surface area contributed by atoms with Crippen molar-refractivity contribution in [1.29, 1.82) is 0 Å². The molecule has 1 aromatic carbocycles. The molecule has 5 heteroatoms. The average molecular weight is 298 g/mol. The van der Waals surface area contributed by atoms with Crippen LogP contribution in [0, 0.1) is 0 Å². The number of nitrogens with one attached hydrogen (secondary N) is 1. The lowest BCUT2D eigenvalue weighted by molar-refractivity contribution is 0.0987. The first-order valence-electron chi connectivity index (χ1n) is 7.38. The van der Waals surface area contributed by atoms with Crippen LogP contribution in [0.3, 0.4) is 0 Å². The van der Waals surface area contributed by atoms with Gasteiger partial charge in [-0.15, -0.1) is 0 Å². The number of amides is 1. The van der Waals surface area contributed by atoms with Crippen molar-refractivity contribution in [2.45, 2.75) is 33.2 Å². The van der Waals surface area contributed by atoms with Crippen molar-refractivity contribution in [3.63, 3.8) is 0 Å². The Kier molecular flexibility index (Phi) is 4.75. The van der Waals surface area contributed by atoms with Gasteiger partial charge in [-0.1, -0.05) is 18.2 Å². The Labute approximate surface area is 131 Å². The van der Waals surface area contributed by atoms with E-state index in [4.69, 9.17) is 0 Å². The summed E-state index contributed by atoms with van der Waals surface area (Å²) in [5.74, 6) is 0.419. The summed E-state index contributed by atoms with van der Waals surface area (Å²) < 4.78 is 0. The fourth-order valence-corrected chi connectivity index (χ4v) is 2.05. The molecular weight excluding hydrogens is 276 g/mol. The number of para-hydroxylation sites is 1.